The molecule has 1 unspecified atom stereocenters. The van der Waals surface area contributed by atoms with Gasteiger partial charge in [-0.15, -0.1) is 12.4 Å². The molecule has 1 heterocycles. The van der Waals surface area contributed by atoms with E-state index in [1.807, 2.05) is 11.9 Å². The third-order valence-electron chi connectivity index (χ3n) is 2.04. The van der Waals surface area contributed by atoms with Gasteiger partial charge in [0.2, 0.25) is 5.91 Å². The first-order chi connectivity index (χ1) is 4.74. The normalized spacial score (nSPS) is 23.1. The molecule has 0 radical (unpaired) electrons. The Kier molecular flexibility index (Phi) is 4.45. The first-order valence-electron chi connectivity index (χ1n) is 3.67. The summed E-state index contributed by atoms with van der Waals surface area (Å²) in [5, 5.41) is 3.15. The summed E-state index contributed by atoms with van der Waals surface area (Å²) in [5.74, 6) is 0.192. The summed E-state index contributed by atoms with van der Waals surface area (Å²) in [6.45, 7) is 3.42. The number of halogens is 1. The van der Waals surface area contributed by atoms with Crippen molar-refractivity contribution in [2.75, 3.05) is 20.1 Å². The zero-order valence-electron chi connectivity index (χ0n) is 6.96. The highest BCUT2D eigenvalue weighted by molar-refractivity contribution is 5.85. The van der Waals surface area contributed by atoms with Crippen molar-refractivity contribution in [1.29, 1.82) is 0 Å². The van der Waals surface area contributed by atoms with Gasteiger partial charge in [-0.25, -0.2) is 0 Å². The Morgan fingerprint density at radius 2 is 2.27 bits per heavy atom. The second-order valence-electron chi connectivity index (χ2n) is 2.74. The van der Waals surface area contributed by atoms with E-state index in [1.54, 1.807) is 6.92 Å². The topological polar surface area (TPSA) is 32.3 Å². The highest BCUT2D eigenvalue weighted by Crippen LogP contribution is 2.07. The number of nitrogens with one attached hydrogen (secondary N) is 1. The average molecular weight is 179 g/mol. The minimum atomic E-state index is 0. The van der Waals surface area contributed by atoms with Crippen LogP contribution < -0.4 is 5.32 Å². The fraction of sp³-hybridized carbons (Fsp3) is 0.857. The van der Waals surface area contributed by atoms with Crippen LogP contribution in [0.2, 0.25) is 0 Å². The van der Waals surface area contributed by atoms with E-state index in [0.29, 0.717) is 6.04 Å². The summed E-state index contributed by atoms with van der Waals surface area (Å²) in [6, 6.07) is 0.517. The predicted octanol–water partition coefficient (Wildman–Crippen LogP) is 0.248. The lowest BCUT2D eigenvalue weighted by Crippen LogP contribution is -2.31. The van der Waals surface area contributed by atoms with Crippen LogP contribution in [0.4, 0.5) is 0 Å². The first kappa shape index (κ1) is 10.7. The average Bonchev–Trinajstić information content (AvgIpc) is 2.34. The number of hydrogen-bond donors (Lipinski definition) is 1. The second-order valence-corrected chi connectivity index (χ2v) is 2.74. The summed E-state index contributed by atoms with van der Waals surface area (Å²) in [7, 11) is 1.94. The number of rotatable bonds is 1. The summed E-state index contributed by atoms with van der Waals surface area (Å²) < 4.78 is 0. The summed E-state index contributed by atoms with van der Waals surface area (Å²) in [6.07, 6.45) is 1.09. The van der Waals surface area contributed by atoms with Crippen LogP contribution >= 0.6 is 12.4 Å². The lowest BCUT2D eigenvalue weighted by Gasteiger charge is -2.12. The van der Waals surface area contributed by atoms with Crippen LogP contribution in [-0.2, 0) is 4.79 Å². The zero-order chi connectivity index (χ0) is 7.56. The Morgan fingerprint density at radius 3 is 2.55 bits per heavy atom. The van der Waals surface area contributed by atoms with Gasteiger partial charge in [-0.2, -0.15) is 0 Å². The monoisotopic (exact) mass is 178 g/mol. The van der Waals surface area contributed by atoms with Gasteiger partial charge in [0.1, 0.15) is 0 Å². The van der Waals surface area contributed by atoms with Crippen molar-refractivity contribution in [3.05, 3.63) is 0 Å². The lowest BCUT2D eigenvalue weighted by molar-refractivity contribution is -0.127. The van der Waals surface area contributed by atoms with Gasteiger partial charge in [-0.3, -0.25) is 4.79 Å². The molecule has 1 aliphatic rings. The minimum Gasteiger partial charge on any atom is -0.341 e. The maximum Gasteiger partial charge on any atom is 0.219 e. The molecule has 0 spiro atoms. The molecule has 0 aromatic heterocycles. The van der Waals surface area contributed by atoms with Crippen LogP contribution in [0.15, 0.2) is 0 Å². The molecule has 1 atom stereocenters. The minimum absolute atomic E-state index is 0. The molecule has 1 N–H and O–H groups in total. The molecule has 4 heteroatoms. The Labute approximate surface area is 73.5 Å². The predicted molar refractivity (Wildman–Crippen MR) is 47.0 cm³/mol. The lowest BCUT2D eigenvalue weighted by atomic mass is 10.3. The molecule has 1 aliphatic heterocycles. The van der Waals surface area contributed by atoms with Crippen LogP contribution in [-0.4, -0.2) is 37.0 Å². The van der Waals surface area contributed by atoms with Crippen molar-refractivity contribution < 1.29 is 4.79 Å². The van der Waals surface area contributed by atoms with Crippen molar-refractivity contribution in [1.82, 2.24) is 10.2 Å². The van der Waals surface area contributed by atoms with Crippen LogP contribution in [0, 0.1) is 0 Å². The molecule has 3 nitrogen and oxygen atoms in total. The Balaban J connectivity index is 0.000001000. The van der Waals surface area contributed by atoms with Crippen molar-refractivity contribution in [2.45, 2.75) is 19.4 Å². The van der Waals surface area contributed by atoms with Gasteiger partial charge in [0.25, 0.3) is 0 Å². The molecule has 0 saturated carbocycles. The van der Waals surface area contributed by atoms with Gasteiger partial charge in [-0.1, -0.05) is 0 Å². The van der Waals surface area contributed by atoms with Crippen molar-refractivity contribution in [3.8, 4) is 0 Å². The van der Waals surface area contributed by atoms with E-state index in [4.69, 9.17) is 0 Å². The van der Waals surface area contributed by atoms with E-state index < -0.39 is 0 Å². The number of carbonyl (C=O) groups is 1. The van der Waals surface area contributed by atoms with Gasteiger partial charge < -0.3 is 10.2 Å². The molecule has 0 aromatic rings. The molecule has 0 aliphatic carbocycles. The second kappa shape index (κ2) is 4.57. The molecule has 1 saturated heterocycles. The van der Waals surface area contributed by atoms with Gasteiger partial charge >= 0.3 is 0 Å². The van der Waals surface area contributed by atoms with Crippen LogP contribution in [0.3, 0.4) is 0 Å². The molecule has 1 rings (SSSR count). The van der Waals surface area contributed by atoms with E-state index in [0.717, 1.165) is 19.5 Å². The van der Waals surface area contributed by atoms with Crippen LogP contribution in [0.5, 0.6) is 0 Å². The smallest absolute Gasteiger partial charge is 0.219 e. The Bertz CT molecular complexity index is 140. The summed E-state index contributed by atoms with van der Waals surface area (Å²) in [4.78, 5) is 12.7. The number of likely N-dealkylation sites (tertiary alicyclic amines) is 1. The standard InChI is InChI=1S/C7H14N2O.ClH/c1-6(10)9-4-3-7(5-9)8-2;/h7-8H,3-5H2,1-2H3;1H. The molecular formula is C7H15ClN2O. The zero-order valence-corrected chi connectivity index (χ0v) is 7.78. The SMILES string of the molecule is CNC1CCN(C(C)=O)C1.Cl. The van der Waals surface area contributed by atoms with E-state index in [-0.39, 0.29) is 18.3 Å². The summed E-state index contributed by atoms with van der Waals surface area (Å²) in [5.41, 5.74) is 0. The number of hydrogen-bond acceptors (Lipinski definition) is 2. The van der Waals surface area contributed by atoms with Crippen LogP contribution in [0.25, 0.3) is 0 Å². The van der Waals surface area contributed by atoms with E-state index in [2.05, 4.69) is 5.32 Å². The third kappa shape index (κ3) is 2.67. The number of nitrogens with zero attached hydrogens (tertiary/aromatic N) is 1. The van der Waals surface area contributed by atoms with Gasteiger partial charge in [0.05, 0.1) is 0 Å². The van der Waals surface area contributed by atoms with Crippen molar-refractivity contribution >= 4 is 18.3 Å². The molecule has 1 amide bonds. The van der Waals surface area contributed by atoms with Gasteiger partial charge in [-0.05, 0) is 13.5 Å². The molecule has 1 fully saturated rings. The number of amides is 1. The molecule has 66 valence electrons. The Hall–Kier alpha value is -0.280. The van der Waals surface area contributed by atoms with Crippen molar-refractivity contribution in [3.63, 3.8) is 0 Å². The third-order valence-corrected chi connectivity index (χ3v) is 2.04. The van der Waals surface area contributed by atoms with E-state index in [1.165, 1.54) is 0 Å². The fourth-order valence-corrected chi connectivity index (χ4v) is 1.28. The fourth-order valence-electron chi connectivity index (χ4n) is 1.28. The largest absolute Gasteiger partial charge is 0.341 e. The molecule has 0 aromatic carbocycles. The van der Waals surface area contributed by atoms with E-state index in [9.17, 15) is 4.79 Å². The maximum absolute atomic E-state index is 10.8. The highest BCUT2D eigenvalue weighted by atomic mass is 35.5. The van der Waals surface area contributed by atoms with Crippen LogP contribution in [0.1, 0.15) is 13.3 Å². The van der Waals surface area contributed by atoms with Crippen molar-refractivity contribution in [2.24, 2.45) is 0 Å². The molecular weight excluding hydrogens is 164 g/mol. The van der Waals surface area contributed by atoms with Gasteiger partial charge in [0, 0.05) is 26.1 Å². The quantitative estimate of drug-likeness (QED) is 0.625. The number of carbonyl (C=O) groups excluding carboxylic acids is 1. The maximum atomic E-state index is 10.8. The van der Waals surface area contributed by atoms with E-state index >= 15 is 0 Å². The molecule has 0 bridgehead atoms. The Morgan fingerprint density at radius 1 is 1.64 bits per heavy atom. The summed E-state index contributed by atoms with van der Waals surface area (Å²) >= 11 is 0. The molecule has 11 heavy (non-hydrogen) atoms. The number of likely N-dealkylation sites (N-methyl/N-ethyl adjacent to an activating group) is 1. The first-order valence-corrected chi connectivity index (χ1v) is 3.67. The highest BCUT2D eigenvalue weighted by Gasteiger charge is 2.21. The van der Waals surface area contributed by atoms with Gasteiger partial charge in [0.15, 0.2) is 0 Å².